The van der Waals surface area contributed by atoms with E-state index in [0.29, 0.717) is 12.5 Å². The van der Waals surface area contributed by atoms with Crippen LogP contribution in [-0.2, 0) is 13.6 Å². The van der Waals surface area contributed by atoms with Gasteiger partial charge in [0.25, 0.3) is 0 Å². The zero-order chi connectivity index (χ0) is 31.3. The highest BCUT2D eigenvalue weighted by Crippen LogP contribution is 2.57. The molecule has 0 spiro atoms. The standard InChI is InChI=1S/C36H60NO3P/c1-23-19-24(32(2,3)4)21-27-29(23)26-20-25(33(5,6)7)22-28(34(8,9)10)30(26)39-41(40-31(27)35(11,12)13)38-18-17-37-36(14,15)16/h20-23,30,37H,17-19H2,1-16H3. The molecule has 0 saturated carbocycles. The van der Waals surface area contributed by atoms with Crippen molar-refractivity contribution in [2.75, 3.05) is 13.2 Å². The third-order valence-electron chi connectivity index (χ3n) is 8.06. The van der Waals surface area contributed by atoms with Crippen LogP contribution in [-0.4, -0.2) is 24.8 Å². The molecule has 1 aliphatic heterocycles. The van der Waals surface area contributed by atoms with Crippen LogP contribution in [0.5, 0.6) is 0 Å². The van der Waals surface area contributed by atoms with Crippen molar-refractivity contribution in [1.29, 1.82) is 0 Å². The maximum atomic E-state index is 7.01. The average molecular weight is 586 g/mol. The predicted octanol–water partition coefficient (Wildman–Crippen LogP) is 10.6. The fraction of sp³-hybridized carbons (Fsp3) is 0.722. The van der Waals surface area contributed by atoms with E-state index < -0.39 is 8.60 Å². The van der Waals surface area contributed by atoms with Crippen molar-refractivity contribution in [3.63, 3.8) is 0 Å². The average Bonchev–Trinajstić information content (AvgIpc) is 2.74. The molecule has 3 rings (SSSR count). The SMILES string of the molecule is CC1CC(C(C)(C)C)=CC2=C(C(C)(C)C)OP(OCCNC(C)(C)C)OC3C(C(C)(C)C)=CC(C(C)(C)C)=CC3=C21. The molecule has 1 heterocycles. The van der Waals surface area contributed by atoms with E-state index in [4.69, 9.17) is 13.6 Å². The first-order valence-electron chi connectivity index (χ1n) is 15.6. The minimum absolute atomic E-state index is 0.00874. The van der Waals surface area contributed by atoms with E-state index in [2.05, 4.69) is 134 Å². The zero-order valence-electron chi connectivity index (χ0n) is 29.2. The second-order valence-electron chi connectivity index (χ2n) is 17.4. The summed E-state index contributed by atoms with van der Waals surface area (Å²) in [5.74, 6) is 1.31. The van der Waals surface area contributed by atoms with E-state index in [1.165, 1.54) is 33.4 Å². The van der Waals surface area contributed by atoms with Crippen LogP contribution in [0.4, 0.5) is 0 Å². The first-order chi connectivity index (χ1) is 18.4. The predicted molar refractivity (Wildman–Crippen MR) is 176 cm³/mol. The fourth-order valence-electron chi connectivity index (χ4n) is 5.61. The Morgan fingerprint density at radius 2 is 1.41 bits per heavy atom. The van der Waals surface area contributed by atoms with Crippen LogP contribution in [0.15, 0.2) is 57.4 Å². The molecule has 3 atom stereocenters. The van der Waals surface area contributed by atoms with Gasteiger partial charge in [0.2, 0.25) is 0 Å². The Kier molecular flexibility index (Phi) is 9.80. The highest BCUT2D eigenvalue weighted by molar-refractivity contribution is 7.41. The Morgan fingerprint density at radius 3 is 1.90 bits per heavy atom. The lowest BCUT2D eigenvalue weighted by Gasteiger charge is -2.43. The van der Waals surface area contributed by atoms with Gasteiger partial charge in [0.05, 0.1) is 6.61 Å². The van der Waals surface area contributed by atoms with Gasteiger partial charge in [0.15, 0.2) is 0 Å². The maximum Gasteiger partial charge on any atom is 0.397 e. The van der Waals surface area contributed by atoms with Crippen LogP contribution in [0.3, 0.4) is 0 Å². The molecule has 3 unspecified atom stereocenters. The molecule has 0 aromatic rings. The summed E-state index contributed by atoms with van der Waals surface area (Å²) >= 11 is 0. The second kappa shape index (κ2) is 11.7. The van der Waals surface area contributed by atoms with E-state index in [-0.39, 0.29) is 33.3 Å². The van der Waals surface area contributed by atoms with Crippen molar-refractivity contribution >= 4 is 8.60 Å². The number of hydrogen-bond acceptors (Lipinski definition) is 4. The van der Waals surface area contributed by atoms with Crippen LogP contribution in [0.1, 0.15) is 117 Å². The number of nitrogens with one attached hydrogen (secondary N) is 1. The molecule has 4 nitrogen and oxygen atoms in total. The molecule has 0 radical (unpaired) electrons. The summed E-state index contributed by atoms with van der Waals surface area (Å²) in [6.07, 6.45) is 8.08. The largest absolute Gasteiger partial charge is 0.430 e. The first kappa shape index (κ1) is 34.3. The molecule has 3 aliphatic rings. The molecule has 0 saturated heterocycles. The lowest BCUT2D eigenvalue weighted by atomic mass is 9.67. The lowest BCUT2D eigenvalue weighted by molar-refractivity contribution is 0.137. The third kappa shape index (κ3) is 8.47. The summed E-state index contributed by atoms with van der Waals surface area (Å²) in [6.45, 7) is 37.7. The van der Waals surface area contributed by atoms with Gasteiger partial charge in [-0.2, -0.15) is 0 Å². The van der Waals surface area contributed by atoms with Crippen molar-refractivity contribution in [2.24, 2.45) is 27.6 Å². The molecule has 0 amide bonds. The van der Waals surface area contributed by atoms with Crippen LogP contribution in [0.25, 0.3) is 0 Å². The van der Waals surface area contributed by atoms with Gasteiger partial charge in [-0.15, -0.1) is 0 Å². The van der Waals surface area contributed by atoms with Gasteiger partial charge in [-0.05, 0) is 71.6 Å². The highest BCUT2D eigenvalue weighted by Gasteiger charge is 2.43. The Balaban J connectivity index is 2.33. The fourth-order valence-corrected chi connectivity index (χ4v) is 6.92. The summed E-state index contributed by atoms with van der Waals surface area (Å²) in [5.41, 5.74) is 7.78. The quantitative estimate of drug-likeness (QED) is 0.263. The number of fused-ring (bicyclic) bond motifs is 2. The van der Waals surface area contributed by atoms with Crippen LogP contribution < -0.4 is 5.32 Å². The Morgan fingerprint density at radius 1 is 0.805 bits per heavy atom. The van der Waals surface area contributed by atoms with Crippen LogP contribution in [0.2, 0.25) is 0 Å². The van der Waals surface area contributed by atoms with Gasteiger partial charge in [-0.25, -0.2) is 0 Å². The Bertz CT molecular complexity index is 1150. The monoisotopic (exact) mass is 585 g/mol. The summed E-state index contributed by atoms with van der Waals surface area (Å²) < 4.78 is 20.4. The van der Waals surface area contributed by atoms with Gasteiger partial charge in [0, 0.05) is 23.1 Å². The second-order valence-corrected chi connectivity index (χ2v) is 18.5. The number of allylic oxidation sites excluding steroid dienone is 7. The van der Waals surface area contributed by atoms with Crippen molar-refractivity contribution in [3.05, 3.63) is 57.4 Å². The molecule has 2 aliphatic carbocycles. The molecule has 0 fully saturated rings. The molecule has 0 aromatic carbocycles. The number of hydrogen-bond donors (Lipinski definition) is 1. The van der Waals surface area contributed by atoms with E-state index >= 15 is 0 Å². The Labute approximate surface area is 254 Å². The normalized spacial score (nSPS) is 25.0. The van der Waals surface area contributed by atoms with Crippen molar-refractivity contribution in [2.45, 2.75) is 129 Å². The van der Waals surface area contributed by atoms with E-state index in [1.807, 2.05) is 0 Å². The van der Waals surface area contributed by atoms with E-state index in [1.54, 1.807) is 0 Å². The topological polar surface area (TPSA) is 39.7 Å². The van der Waals surface area contributed by atoms with E-state index in [0.717, 1.165) is 18.7 Å². The van der Waals surface area contributed by atoms with Crippen molar-refractivity contribution in [3.8, 4) is 0 Å². The maximum absolute atomic E-state index is 7.01. The van der Waals surface area contributed by atoms with Gasteiger partial charge >= 0.3 is 8.60 Å². The molecular weight excluding hydrogens is 525 g/mol. The molecule has 5 heteroatoms. The van der Waals surface area contributed by atoms with E-state index in [9.17, 15) is 0 Å². The summed E-state index contributed by atoms with van der Waals surface area (Å²) in [6, 6.07) is 0. The zero-order valence-corrected chi connectivity index (χ0v) is 30.1. The molecule has 41 heavy (non-hydrogen) atoms. The minimum Gasteiger partial charge on any atom is -0.430 e. The van der Waals surface area contributed by atoms with Crippen LogP contribution in [0, 0.1) is 27.6 Å². The minimum atomic E-state index is -1.65. The van der Waals surface area contributed by atoms with Crippen molar-refractivity contribution in [1.82, 2.24) is 5.32 Å². The van der Waals surface area contributed by atoms with Gasteiger partial charge in [-0.1, -0.05) is 114 Å². The van der Waals surface area contributed by atoms with Crippen molar-refractivity contribution < 1.29 is 13.6 Å². The third-order valence-corrected chi connectivity index (χ3v) is 9.17. The van der Waals surface area contributed by atoms with Gasteiger partial charge in [-0.3, -0.25) is 4.52 Å². The lowest BCUT2D eigenvalue weighted by Crippen LogP contribution is -2.38. The molecule has 0 aromatic heterocycles. The van der Waals surface area contributed by atoms with Gasteiger partial charge in [0.1, 0.15) is 11.9 Å². The molecule has 0 bridgehead atoms. The molecule has 232 valence electrons. The first-order valence-corrected chi connectivity index (χ1v) is 16.7. The highest BCUT2D eigenvalue weighted by atomic mass is 31.2. The summed E-state index contributed by atoms with van der Waals surface area (Å²) in [5, 5.41) is 3.54. The molecular formula is C36H60NO3P. The Hall–Kier alpha value is -1.19. The van der Waals surface area contributed by atoms with Crippen LogP contribution >= 0.6 is 8.60 Å². The van der Waals surface area contributed by atoms with Gasteiger partial charge < -0.3 is 14.4 Å². The summed E-state index contributed by atoms with van der Waals surface area (Å²) in [7, 11) is -1.65. The smallest absolute Gasteiger partial charge is 0.397 e. The summed E-state index contributed by atoms with van der Waals surface area (Å²) in [4.78, 5) is 0. The number of rotatable bonds is 4. The molecule has 1 N–H and O–H groups in total.